The van der Waals surface area contributed by atoms with E-state index in [0.29, 0.717) is 16.9 Å². The van der Waals surface area contributed by atoms with E-state index in [1.807, 2.05) is 6.92 Å². The lowest BCUT2D eigenvalue weighted by Gasteiger charge is -2.15. The molecule has 9 nitrogen and oxygen atoms in total. The quantitative estimate of drug-likeness (QED) is 0.460. The Balaban J connectivity index is 1.95. The zero-order chi connectivity index (χ0) is 21.6. The van der Waals surface area contributed by atoms with Crippen molar-refractivity contribution in [1.29, 1.82) is 0 Å². The Labute approximate surface area is 165 Å². The van der Waals surface area contributed by atoms with Crippen LogP contribution in [0.2, 0.25) is 0 Å². The molecule has 1 N–H and O–H groups in total. The van der Waals surface area contributed by atoms with Crippen molar-refractivity contribution in [3.8, 4) is 11.5 Å². The third-order valence-electron chi connectivity index (χ3n) is 4.11. The highest BCUT2D eigenvalue weighted by molar-refractivity contribution is 6.45. The molecule has 0 unspecified atom stereocenters. The summed E-state index contributed by atoms with van der Waals surface area (Å²) in [6.07, 6.45) is 1.29. The topological polar surface area (TPSA) is 105 Å². The third-order valence-corrected chi connectivity index (χ3v) is 4.11. The maximum absolute atomic E-state index is 12.4. The number of unbranched alkanes of at least 4 members (excludes halogenated alkanes) is 1. The summed E-state index contributed by atoms with van der Waals surface area (Å²) in [6, 6.07) is 3.30. The van der Waals surface area contributed by atoms with Crippen LogP contribution in [0, 0.1) is 0 Å². The highest BCUT2D eigenvalue weighted by Gasteiger charge is 2.44. The minimum atomic E-state index is -3.01. The predicted octanol–water partition coefficient (Wildman–Crippen LogP) is 1.50. The summed E-state index contributed by atoms with van der Waals surface area (Å²) in [6.45, 7) is -1.64. The molecule has 158 valence electrons. The zero-order valence-electron chi connectivity index (χ0n) is 15.9. The lowest BCUT2D eigenvalue weighted by atomic mass is 10.2. The Kier molecular flexibility index (Phi) is 7.46. The molecule has 29 heavy (non-hydrogen) atoms. The molecule has 2 rings (SSSR count). The first-order chi connectivity index (χ1) is 13.8. The lowest BCUT2D eigenvalue weighted by Crippen LogP contribution is -2.41. The third kappa shape index (κ3) is 5.39. The Hall–Kier alpha value is -3.24. The molecule has 0 bridgehead atoms. The van der Waals surface area contributed by atoms with E-state index in [0.717, 1.165) is 11.3 Å². The number of rotatable bonds is 10. The largest absolute Gasteiger partial charge is 0.493 e. The molecule has 0 radical (unpaired) electrons. The summed E-state index contributed by atoms with van der Waals surface area (Å²) >= 11 is 0. The summed E-state index contributed by atoms with van der Waals surface area (Å²) in [5.74, 6) is -2.76. The van der Waals surface area contributed by atoms with E-state index in [4.69, 9.17) is 4.74 Å². The highest BCUT2D eigenvalue weighted by atomic mass is 19.3. The van der Waals surface area contributed by atoms with Crippen LogP contribution in [0.15, 0.2) is 18.2 Å². The molecule has 11 heteroatoms. The molecule has 1 fully saturated rings. The molecule has 0 saturated carbocycles. The number of nitrogens with zero attached hydrogens (tertiary/aromatic N) is 2. The van der Waals surface area contributed by atoms with E-state index in [-0.39, 0.29) is 24.6 Å². The molecule has 0 aliphatic carbocycles. The first-order valence-corrected chi connectivity index (χ1v) is 8.84. The lowest BCUT2D eigenvalue weighted by molar-refractivity contribution is -0.144. The maximum Gasteiger partial charge on any atom is 0.387 e. The van der Waals surface area contributed by atoms with E-state index in [1.54, 1.807) is 0 Å². The second-order valence-corrected chi connectivity index (χ2v) is 6.12. The van der Waals surface area contributed by atoms with Crippen molar-refractivity contribution < 1.29 is 37.4 Å². The second-order valence-electron chi connectivity index (χ2n) is 6.12. The Bertz CT molecular complexity index is 802. The van der Waals surface area contributed by atoms with Gasteiger partial charge in [-0.15, -0.1) is 0 Å². The highest BCUT2D eigenvalue weighted by Crippen LogP contribution is 2.29. The molecule has 0 spiro atoms. The van der Waals surface area contributed by atoms with Gasteiger partial charge in [-0.2, -0.15) is 8.78 Å². The number of alkyl halides is 2. The minimum absolute atomic E-state index is 0.0200. The SMILES string of the molecule is CCCCN1C(=O)C(=O)N(CC(=O)NCc2ccc(OC(F)F)c(OC)c2)C1=O. The average Bonchev–Trinajstić information content (AvgIpc) is 2.88. The van der Waals surface area contributed by atoms with Crippen molar-refractivity contribution in [3.05, 3.63) is 23.8 Å². The van der Waals surface area contributed by atoms with Gasteiger partial charge < -0.3 is 14.8 Å². The normalized spacial score (nSPS) is 14.0. The number of carbonyl (C=O) groups excluding carboxylic acids is 4. The van der Waals surface area contributed by atoms with Crippen molar-refractivity contribution in [3.63, 3.8) is 0 Å². The maximum atomic E-state index is 12.4. The number of ether oxygens (including phenoxy) is 2. The van der Waals surface area contributed by atoms with Gasteiger partial charge in [0.15, 0.2) is 11.5 Å². The van der Waals surface area contributed by atoms with Gasteiger partial charge in [-0.1, -0.05) is 19.4 Å². The number of hydrogen-bond donors (Lipinski definition) is 1. The molecule has 5 amide bonds. The van der Waals surface area contributed by atoms with Gasteiger partial charge in [-0.05, 0) is 24.1 Å². The molecular formula is C18H21F2N3O6. The molecule has 1 aromatic carbocycles. The first kappa shape index (κ1) is 22.1. The van der Waals surface area contributed by atoms with E-state index >= 15 is 0 Å². The summed E-state index contributed by atoms with van der Waals surface area (Å²) in [4.78, 5) is 49.5. The Morgan fingerprint density at radius 1 is 1.14 bits per heavy atom. The van der Waals surface area contributed by atoms with Crippen LogP contribution in [0.25, 0.3) is 0 Å². The molecule has 1 saturated heterocycles. The van der Waals surface area contributed by atoms with Crippen molar-refractivity contribution in [1.82, 2.24) is 15.1 Å². The van der Waals surface area contributed by atoms with Crippen molar-refractivity contribution >= 4 is 23.8 Å². The van der Waals surface area contributed by atoms with Gasteiger partial charge >= 0.3 is 24.5 Å². The molecule has 1 aliphatic heterocycles. The van der Waals surface area contributed by atoms with E-state index < -0.39 is 36.9 Å². The second kappa shape index (κ2) is 9.80. The van der Waals surface area contributed by atoms with Crippen molar-refractivity contribution in [2.45, 2.75) is 32.9 Å². The van der Waals surface area contributed by atoms with Gasteiger partial charge in [-0.3, -0.25) is 19.3 Å². The molecule has 0 atom stereocenters. The Morgan fingerprint density at radius 2 is 1.83 bits per heavy atom. The smallest absolute Gasteiger partial charge is 0.387 e. The van der Waals surface area contributed by atoms with Crippen LogP contribution in [0.1, 0.15) is 25.3 Å². The van der Waals surface area contributed by atoms with Gasteiger partial charge in [0, 0.05) is 13.1 Å². The summed E-state index contributed by atoms with van der Waals surface area (Å²) in [5, 5.41) is 2.49. The van der Waals surface area contributed by atoms with Crippen molar-refractivity contribution in [2.75, 3.05) is 20.2 Å². The zero-order valence-corrected chi connectivity index (χ0v) is 15.9. The Morgan fingerprint density at radius 3 is 2.45 bits per heavy atom. The van der Waals surface area contributed by atoms with E-state index in [1.165, 1.54) is 25.3 Å². The molecule has 0 aromatic heterocycles. The number of imide groups is 2. The molecule has 1 aromatic rings. The number of halogens is 2. The van der Waals surface area contributed by atoms with Crippen LogP contribution >= 0.6 is 0 Å². The van der Waals surface area contributed by atoms with Crippen LogP contribution in [0.3, 0.4) is 0 Å². The molecule has 1 aliphatic rings. The van der Waals surface area contributed by atoms with E-state index in [9.17, 15) is 28.0 Å². The van der Waals surface area contributed by atoms with Crippen molar-refractivity contribution in [2.24, 2.45) is 0 Å². The number of hydrogen-bond acceptors (Lipinski definition) is 6. The van der Waals surface area contributed by atoms with Gasteiger partial charge in [0.25, 0.3) is 0 Å². The van der Waals surface area contributed by atoms with Crippen LogP contribution in [0.4, 0.5) is 13.6 Å². The van der Waals surface area contributed by atoms with Gasteiger partial charge in [0.05, 0.1) is 7.11 Å². The fourth-order valence-electron chi connectivity index (χ4n) is 2.62. The number of nitrogens with one attached hydrogen (secondary N) is 1. The number of benzene rings is 1. The monoisotopic (exact) mass is 413 g/mol. The van der Waals surface area contributed by atoms with Crippen LogP contribution in [0.5, 0.6) is 11.5 Å². The van der Waals surface area contributed by atoms with Crippen LogP contribution < -0.4 is 14.8 Å². The van der Waals surface area contributed by atoms with Crippen LogP contribution in [-0.4, -0.2) is 60.4 Å². The molecule has 1 heterocycles. The fraction of sp³-hybridized carbons (Fsp3) is 0.444. The number of carbonyl (C=O) groups is 4. The fourth-order valence-corrected chi connectivity index (χ4v) is 2.62. The average molecular weight is 413 g/mol. The number of methoxy groups -OCH3 is 1. The first-order valence-electron chi connectivity index (χ1n) is 8.84. The van der Waals surface area contributed by atoms with Gasteiger partial charge in [0.1, 0.15) is 6.54 Å². The summed E-state index contributed by atoms with van der Waals surface area (Å²) in [7, 11) is 1.28. The number of urea groups is 1. The number of amides is 5. The summed E-state index contributed by atoms with van der Waals surface area (Å²) < 4.78 is 34.0. The standard InChI is InChI=1S/C18H21F2N3O6/c1-3-4-7-22-15(25)16(26)23(18(22)27)10-14(24)21-9-11-5-6-12(29-17(19)20)13(8-11)28-2/h5-6,8,17H,3-4,7,9-10H2,1-2H3,(H,21,24). The van der Waals surface area contributed by atoms with Gasteiger partial charge in [0.2, 0.25) is 5.91 Å². The van der Waals surface area contributed by atoms with Gasteiger partial charge in [-0.25, -0.2) is 9.69 Å². The predicted molar refractivity (Wildman–Crippen MR) is 95.2 cm³/mol. The molecular weight excluding hydrogens is 392 g/mol. The minimum Gasteiger partial charge on any atom is -0.493 e. The van der Waals surface area contributed by atoms with E-state index in [2.05, 4.69) is 10.1 Å². The summed E-state index contributed by atoms with van der Waals surface area (Å²) in [5.41, 5.74) is 0.511. The van der Waals surface area contributed by atoms with Crippen LogP contribution in [-0.2, 0) is 20.9 Å².